The number of nitrogens with zero attached hydrogens (tertiary/aromatic N) is 2. The Balaban J connectivity index is 1.73. The molecule has 0 bridgehead atoms. The standard InChI is InChI=1S/C30H39N3O3/c1-8-22-19-30(6,7)14-11-26(22)24(9-2)29-32-28(33-36-29)23-17-20(4)25(21(5)18-23)12-15-31-16-13-27(34)35-10-3/h8,17-18,31H,1-2,10-16,19H2,3-7H3. The van der Waals surface area contributed by atoms with Gasteiger partial charge in [-0.25, -0.2) is 0 Å². The number of esters is 1. The van der Waals surface area contributed by atoms with Gasteiger partial charge in [-0.1, -0.05) is 38.2 Å². The van der Waals surface area contributed by atoms with E-state index < -0.39 is 0 Å². The Labute approximate surface area is 215 Å². The van der Waals surface area contributed by atoms with Gasteiger partial charge in [0.15, 0.2) is 0 Å². The summed E-state index contributed by atoms with van der Waals surface area (Å²) in [4.78, 5) is 16.2. The number of aromatic nitrogens is 2. The lowest BCUT2D eigenvalue weighted by molar-refractivity contribution is -0.142. The van der Waals surface area contributed by atoms with Crippen LogP contribution in [0.4, 0.5) is 0 Å². The molecule has 0 saturated heterocycles. The minimum absolute atomic E-state index is 0.167. The zero-order valence-corrected chi connectivity index (χ0v) is 22.4. The summed E-state index contributed by atoms with van der Waals surface area (Å²) < 4.78 is 10.7. The first kappa shape index (κ1) is 27.4. The number of hydrogen-bond acceptors (Lipinski definition) is 6. The van der Waals surface area contributed by atoms with Crippen LogP contribution in [0.2, 0.25) is 0 Å². The van der Waals surface area contributed by atoms with Crippen molar-refractivity contribution in [3.8, 4) is 11.4 Å². The second-order valence-electron chi connectivity index (χ2n) is 10.2. The van der Waals surface area contributed by atoms with E-state index in [4.69, 9.17) is 14.2 Å². The van der Waals surface area contributed by atoms with Crippen LogP contribution in [0.15, 0.2) is 52.8 Å². The molecule has 0 amide bonds. The first-order chi connectivity index (χ1) is 17.2. The van der Waals surface area contributed by atoms with E-state index in [-0.39, 0.29) is 11.4 Å². The maximum Gasteiger partial charge on any atom is 0.307 e. The lowest BCUT2D eigenvalue weighted by Gasteiger charge is -2.32. The molecule has 0 radical (unpaired) electrons. The van der Waals surface area contributed by atoms with Crippen molar-refractivity contribution in [1.29, 1.82) is 0 Å². The summed E-state index contributed by atoms with van der Waals surface area (Å²) in [5.74, 6) is 0.833. The van der Waals surface area contributed by atoms with Crippen LogP contribution in [0.3, 0.4) is 0 Å². The number of benzene rings is 1. The number of allylic oxidation sites excluding steroid dienone is 4. The van der Waals surface area contributed by atoms with E-state index in [1.165, 1.54) is 22.3 Å². The second kappa shape index (κ2) is 12.2. The fourth-order valence-corrected chi connectivity index (χ4v) is 4.85. The molecule has 192 valence electrons. The van der Waals surface area contributed by atoms with Crippen molar-refractivity contribution in [2.75, 3.05) is 19.7 Å². The Morgan fingerprint density at radius 3 is 2.64 bits per heavy atom. The first-order valence-corrected chi connectivity index (χ1v) is 12.7. The molecule has 0 saturated carbocycles. The maximum atomic E-state index is 11.5. The summed E-state index contributed by atoms with van der Waals surface area (Å²) in [5.41, 5.74) is 11.0. The number of carbonyl (C=O) groups excluding carboxylic acids is 1. The summed E-state index contributed by atoms with van der Waals surface area (Å²) in [7, 11) is 0. The predicted molar refractivity (Wildman–Crippen MR) is 144 cm³/mol. The van der Waals surface area contributed by atoms with E-state index in [1.807, 2.05) is 13.0 Å². The van der Waals surface area contributed by atoms with E-state index in [0.29, 0.717) is 31.3 Å². The molecule has 2 aromatic rings. The number of ether oxygens (including phenoxy) is 1. The molecule has 0 aliphatic heterocycles. The molecule has 36 heavy (non-hydrogen) atoms. The quantitative estimate of drug-likeness (QED) is 0.227. The number of aryl methyl sites for hydroxylation is 2. The van der Waals surface area contributed by atoms with Gasteiger partial charge < -0.3 is 14.6 Å². The molecule has 1 aliphatic rings. The van der Waals surface area contributed by atoms with Gasteiger partial charge >= 0.3 is 5.97 Å². The molecular weight excluding hydrogens is 450 g/mol. The Morgan fingerprint density at radius 2 is 2.00 bits per heavy atom. The van der Waals surface area contributed by atoms with E-state index in [2.05, 4.69) is 69.2 Å². The van der Waals surface area contributed by atoms with Crippen LogP contribution >= 0.6 is 0 Å². The van der Waals surface area contributed by atoms with Gasteiger partial charge in [0.2, 0.25) is 5.82 Å². The Hall–Kier alpha value is -3.21. The van der Waals surface area contributed by atoms with Crippen LogP contribution in [0.25, 0.3) is 17.0 Å². The molecule has 1 aromatic carbocycles. The lowest BCUT2D eigenvalue weighted by atomic mass is 9.73. The van der Waals surface area contributed by atoms with E-state index in [0.717, 1.165) is 48.9 Å². The van der Waals surface area contributed by atoms with Gasteiger partial charge in [0, 0.05) is 12.1 Å². The largest absolute Gasteiger partial charge is 0.466 e. The van der Waals surface area contributed by atoms with E-state index in [9.17, 15) is 4.79 Å². The average Bonchev–Trinajstić information content (AvgIpc) is 3.31. The van der Waals surface area contributed by atoms with E-state index in [1.54, 1.807) is 0 Å². The normalized spacial score (nSPS) is 14.9. The molecule has 1 aromatic heterocycles. The molecule has 1 aliphatic carbocycles. The summed E-state index contributed by atoms with van der Waals surface area (Å²) in [6.07, 6.45) is 6.12. The monoisotopic (exact) mass is 489 g/mol. The molecule has 1 heterocycles. The second-order valence-corrected chi connectivity index (χ2v) is 10.2. The predicted octanol–water partition coefficient (Wildman–Crippen LogP) is 6.30. The Morgan fingerprint density at radius 1 is 1.28 bits per heavy atom. The van der Waals surface area contributed by atoms with Crippen molar-refractivity contribution in [1.82, 2.24) is 15.5 Å². The number of carbonyl (C=O) groups is 1. The van der Waals surface area contributed by atoms with Crippen LogP contribution in [0, 0.1) is 19.3 Å². The van der Waals surface area contributed by atoms with Crippen molar-refractivity contribution >= 4 is 11.5 Å². The summed E-state index contributed by atoms with van der Waals surface area (Å²) >= 11 is 0. The number of rotatable bonds is 11. The molecule has 1 N–H and O–H groups in total. The molecule has 0 atom stereocenters. The Kier molecular flexibility index (Phi) is 9.25. The van der Waals surface area contributed by atoms with Crippen LogP contribution in [-0.2, 0) is 16.0 Å². The minimum Gasteiger partial charge on any atom is -0.466 e. The fourth-order valence-electron chi connectivity index (χ4n) is 4.85. The minimum atomic E-state index is -0.167. The molecule has 0 fully saturated rings. The van der Waals surface area contributed by atoms with Crippen LogP contribution < -0.4 is 5.32 Å². The van der Waals surface area contributed by atoms with Crippen molar-refractivity contribution in [3.05, 3.63) is 70.8 Å². The van der Waals surface area contributed by atoms with Gasteiger partial charge in [-0.15, -0.1) is 5.73 Å². The molecule has 6 nitrogen and oxygen atoms in total. The highest BCUT2D eigenvalue weighted by atomic mass is 16.5. The molecular formula is C30H39N3O3. The Bertz CT molecular complexity index is 1170. The third-order valence-corrected chi connectivity index (χ3v) is 6.79. The number of nitrogens with one attached hydrogen (secondary N) is 1. The maximum absolute atomic E-state index is 11.5. The van der Waals surface area contributed by atoms with Gasteiger partial charge in [-0.3, -0.25) is 4.79 Å². The van der Waals surface area contributed by atoms with Gasteiger partial charge in [0.1, 0.15) is 0 Å². The average molecular weight is 490 g/mol. The van der Waals surface area contributed by atoms with E-state index >= 15 is 0 Å². The van der Waals surface area contributed by atoms with Crippen molar-refractivity contribution in [2.24, 2.45) is 5.41 Å². The van der Waals surface area contributed by atoms with Crippen molar-refractivity contribution in [3.63, 3.8) is 0 Å². The van der Waals surface area contributed by atoms with Crippen LogP contribution in [0.1, 0.15) is 69.0 Å². The highest BCUT2D eigenvalue weighted by Crippen LogP contribution is 2.43. The van der Waals surface area contributed by atoms with Crippen molar-refractivity contribution in [2.45, 2.75) is 66.7 Å². The third-order valence-electron chi connectivity index (χ3n) is 6.79. The molecule has 6 heteroatoms. The van der Waals surface area contributed by atoms with Gasteiger partial charge in [-0.05, 0) is 98.4 Å². The molecule has 0 unspecified atom stereocenters. The fraction of sp³-hybridized carbons (Fsp3) is 0.467. The first-order valence-electron chi connectivity index (χ1n) is 12.7. The SMILES string of the molecule is C=C=C(C1=C(C=C)CC(C)(C)CC1)c1nc(-c2cc(C)c(CCNCCC(=O)OCC)c(C)c2)no1. The zero-order chi connectivity index (χ0) is 26.3. The summed E-state index contributed by atoms with van der Waals surface area (Å²) in [6, 6.07) is 4.20. The molecule has 3 rings (SSSR count). The topological polar surface area (TPSA) is 77.2 Å². The zero-order valence-electron chi connectivity index (χ0n) is 22.4. The van der Waals surface area contributed by atoms with Gasteiger partial charge in [0.05, 0.1) is 18.6 Å². The van der Waals surface area contributed by atoms with Crippen molar-refractivity contribution < 1.29 is 14.1 Å². The summed E-state index contributed by atoms with van der Waals surface area (Å²) in [5, 5.41) is 7.60. The lowest BCUT2D eigenvalue weighted by Crippen LogP contribution is -2.22. The third kappa shape index (κ3) is 6.71. The highest BCUT2D eigenvalue weighted by molar-refractivity contribution is 5.76. The highest BCUT2D eigenvalue weighted by Gasteiger charge is 2.29. The molecule has 0 spiro atoms. The van der Waals surface area contributed by atoms with Crippen LogP contribution in [-0.4, -0.2) is 35.8 Å². The van der Waals surface area contributed by atoms with Gasteiger partial charge in [-0.2, -0.15) is 4.98 Å². The van der Waals surface area contributed by atoms with Gasteiger partial charge in [0.25, 0.3) is 5.89 Å². The smallest absolute Gasteiger partial charge is 0.307 e. The van der Waals surface area contributed by atoms with Crippen LogP contribution in [0.5, 0.6) is 0 Å². The summed E-state index contributed by atoms with van der Waals surface area (Å²) in [6.45, 7) is 20.3. The number of hydrogen-bond donors (Lipinski definition) is 1.